The summed E-state index contributed by atoms with van der Waals surface area (Å²) in [6.45, 7) is 0.823. The predicted octanol–water partition coefficient (Wildman–Crippen LogP) is -0.0156. The van der Waals surface area contributed by atoms with Gasteiger partial charge in [-0.25, -0.2) is 0 Å². The molecule has 1 heterocycles. The molecule has 0 spiro atoms. The predicted molar refractivity (Wildman–Crippen MR) is 47.4 cm³/mol. The highest BCUT2D eigenvalue weighted by molar-refractivity contribution is 7.80. The largest absolute Gasteiger partial charge is 0.375 e. The van der Waals surface area contributed by atoms with Crippen LogP contribution in [0.5, 0.6) is 0 Å². The number of hydrazone groups is 1. The van der Waals surface area contributed by atoms with Crippen LogP contribution in [-0.2, 0) is 4.74 Å². The monoisotopic (exact) mass is 173 g/mol. The molecule has 0 aromatic heterocycles. The van der Waals surface area contributed by atoms with Crippen LogP contribution in [0.15, 0.2) is 5.10 Å². The zero-order valence-corrected chi connectivity index (χ0v) is 6.93. The molecule has 3 N–H and O–H groups in total. The molecule has 1 unspecified atom stereocenters. The summed E-state index contributed by atoms with van der Waals surface area (Å²) in [5, 5.41) is 3.97. The minimum absolute atomic E-state index is 0.136. The fourth-order valence-corrected chi connectivity index (χ4v) is 0.957. The van der Waals surface area contributed by atoms with E-state index in [1.165, 1.54) is 0 Å². The maximum atomic E-state index is 5.26. The Morgan fingerprint density at radius 2 is 2.64 bits per heavy atom. The summed E-state index contributed by atoms with van der Waals surface area (Å²) < 4.78 is 5.26. The fraction of sp³-hybridized carbons (Fsp3) is 0.667. The molecular formula is C6H11N3OS. The van der Waals surface area contributed by atoms with Crippen LogP contribution in [0.25, 0.3) is 0 Å². The maximum Gasteiger partial charge on any atom is 0.184 e. The van der Waals surface area contributed by atoms with Crippen LogP contribution in [0, 0.1) is 0 Å². The van der Waals surface area contributed by atoms with Crippen molar-refractivity contribution in [1.82, 2.24) is 5.43 Å². The summed E-state index contributed by atoms with van der Waals surface area (Å²) in [6, 6.07) is 0. The van der Waals surface area contributed by atoms with Crippen molar-refractivity contribution in [3.63, 3.8) is 0 Å². The second-order valence-corrected chi connectivity index (χ2v) is 2.75. The van der Waals surface area contributed by atoms with Crippen molar-refractivity contribution in [1.29, 1.82) is 0 Å². The summed E-state index contributed by atoms with van der Waals surface area (Å²) in [5.41, 5.74) is 7.61. The van der Waals surface area contributed by atoms with Crippen LogP contribution >= 0.6 is 12.2 Å². The highest BCUT2D eigenvalue weighted by Crippen LogP contribution is 2.08. The first-order valence-corrected chi connectivity index (χ1v) is 3.90. The molecule has 0 aromatic rings. The van der Waals surface area contributed by atoms with Gasteiger partial charge < -0.3 is 10.5 Å². The van der Waals surface area contributed by atoms with Crippen molar-refractivity contribution in [2.45, 2.75) is 18.9 Å². The van der Waals surface area contributed by atoms with Crippen LogP contribution in [0.4, 0.5) is 0 Å². The lowest BCUT2D eigenvalue weighted by Gasteiger charge is -2.00. The van der Waals surface area contributed by atoms with E-state index in [1.54, 1.807) is 6.21 Å². The Balaban J connectivity index is 2.17. The van der Waals surface area contributed by atoms with Gasteiger partial charge in [-0.15, -0.1) is 0 Å². The van der Waals surface area contributed by atoms with E-state index < -0.39 is 0 Å². The molecule has 0 aromatic carbocycles. The average Bonchev–Trinajstić information content (AvgIpc) is 2.39. The highest BCUT2D eigenvalue weighted by Gasteiger charge is 2.11. The first-order chi connectivity index (χ1) is 5.29. The number of nitrogens with two attached hydrogens (primary N) is 1. The molecule has 5 heteroatoms. The Labute approximate surface area is 70.8 Å². The number of hydrogen-bond acceptors (Lipinski definition) is 3. The number of hydrogen-bond donors (Lipinski definition) is 2. The van der Waals surface area contributed by atoms with Gasteiger partial charge in [0.2, 0.25) is 0 Å². The molecule has 1 saturated heterocycles. The third kappa shape index (κ3) is 3.29. The van der Waals surface area contributed by atoms with Gasteiger partial charge in [-0.1, -0.05) is 0 Å². The fourth-order valence-electron chi connectivity index (χ4n) is 0.904. The van der Waals surface area contributed by atoms with Crippen molar-refractivity contribution in [3.05, 3.63) is 0 Å². The van der Waals surface area contributed by atoms with E-state index in [2.05, 4.69) is 22.7 Å². The van der Waals surface area contributed by atoms with Gasteiger partial charge in [-0.05, 0) is 25.1 Å². The van der Waals surface area contributed by atoms with Gasteiger partial charge in [-0.2, -0.15) is 5.10 Å². The molecule has 1 atom stereocenters. The van der Waals surface area contributed by atoms with E-state index in [-0.39, 0.29) is 11.2 Å². The molecule has 0 radical (unpaired) electrons. The van der Waals surface area contributed by atoms with Crippen LogP contribution < -0.4 is 11.2 Å². The Kier molecular flexibility index (Phi) is 3.25. The molecule has 62 valence electrons. The first-order valence-electron chi connectivity index (χ1n) is 3.49. The molecule has 0 saturated carbocycles. The number of nitrogens with zero attached hydrogens (tertiary/aromatic N) is 1. The number of ether oxygens (including phenoxy) is 1. The first kappa shape index (κ1) is 8.42. The molecule has 1 rings (SSSR count). The van der Waals surface area contributed by atoms with Gasteiger partial charge in [-0.3, -0.25) is 5.43 Å². The molecule has 0 bridgehead atoms. The van der Waals surface area contributed by atoms with Crippen molar-refractivity contribution in [2.24, 2.45) is 10.8 Å². The van der Waals surface area contributed by atoms with Gasteiger partial charge >= 0.3 is 0 Å². The number of rotatable bonds is 2. The van der Waals surface area contributed by atoms with Crippen LogP contribution in [-0.4, -0.2) is 24.0 Å². The summed E-state index contributed by atoms with van der Waals surface area (Å²) in [5.74, 6) is 0. The van der Waals surface area contributed by atoms with E-state index in [4.69, 9.17) is 10.5 Å². The summed E-state index contributed by atoms with van der Waals surface area (Å²) in [6.07, 6.45) is 3.95. The minimum atomic E-state index is 0.136. The van der Waals surface area contributed by atoms with Gasteiger partial charge in [0, 0.05) is 6.61 Å². The molecule has 1 fully saturated rings. The molecule has 0 amide bonds. The quantitative estimate of drug-likeness (QED) is 0.350. The Bertz CT molecular complexity index is 165. The summed E-state index contributed by atoms with van der Waals surface area (Å²) >= 11 is 4.55. The molecule has 4 nitrogen and oxygen atoms in total. The van der Waals surface area contributed by atoms with Gasteiger partial charge in [0.15, 0.2) is 5.11 Å². The maximum absolute atomic E-state index is 5.26. The van der Waals surface area contributed by atoms with Gasteiger partial charge in [0.05, 0.1) is 12.3 Å². The molecule has 11 heavy (non-hydrogen) atoms. The SMILES string of the molecule is NC(=S)NN=CC1CCCO1. The number of thiocarbonyl (C=S) groups is 1. The third-order valence-corrected chi connectivity index (χ3v) is 1.47. The third-order valence-electron chi connectivity index (χ3n) is 1.38. The number of nitrogens with one attached hydrogen (secondary N) is 1. The minimum Gasteiger partial charge on any atom is -0.375 e. The molecule has 1 aliphatic rings. The van der Waals surface area contributed by atoms with Crippen LogP contribution in [0.3, 0.4) is 0 Å². The molecular weight excluding hydrogens is 162 g/mol. The highest BCUT2D eigenvalue weighted by atomic mass is 32.1. The Morgan fingerprint density at radius 1 is 1.82 bits per heavy atom. The zero-order valence-electron chi connectivity index (χ0n) is 6.12. The Hall–Kier alpha value is -0.680. The summed E-state index contributed by atoms with van der Waals surface area (Å²) in [7, 11) is 0. The Morgan fingerprint density at radius 3 is 3.18 bits per heavy atom. The lowest BCUT2D eigenvalue weighted by molar-refractivity contribution is 0.161. The van der Waals surface area contributed by atoms with Crippen molar-refractivity contribution in [2.75, 3.05) is 6.61 Å². The van der Waals surface area contributed by atoms with Crippen molar-refractivity contribution < 1.29 is 4.74 Å². The normalized spacial score (nSPS) is 24.2. The van der Waals surface area contributed by atoms with E-state index in [0.29, 0.717) is 0 Å². The molecule has 0 aliphatic carbocycles. The van der Waals surface area contributed by atoms with Crippen LogP contribution in [0.1, 0.15) is 12.8 Å². The van der Waals surface area contributed by atoms with Crippen LogP contribution in [0.2, 0.25) is 0 Å². The van der Waals surface area contributed by atoms with E-state index in [9.17, 15) is 0 Å². The standard InChI is InChI=1S/C6H11N3OS/c7-6(11)9-8-4-5-2-1-3-10-5/h4-5H,1-3H2,(H3,7,9,11). The van der Waals surface area contributed by atoms with E-state index >= 15 is 0 Å². The van der Waals surface area contributed by atoms with Crippen molar-refractivity contribution >= 4 is 23.5 Å². The average molecular weight is 173 g/mol. The lowest BCUT2D eigenvalue weighted by atomic mass is 10.3. The second kappa shape index (κ2) is 4.25. The van der Waals surface area contributed by atoms with E-state index in [0.717, 1.165) is 19.4 Å². The van der Waals surface area contributed by atoms with Gasteiger partial charge in [0.1, 0.15) is 0 Å². The second-order valence-electron chi connectivity index (χ2n) is 2.31. The summed E-state index contributed by atoms with van der Waals surface area (Å²) in [4.78, 5) is 0. The zero-order chi connectivity index (χ0) is 8.10. The van der Waals surface area contributed by atoms with E-state index in [1.807, 2.05) is 0 Å². The van der Waals surface area contributed by atoms with Crippen molar-refractivity contribution in [3.8, 4) is 0 Å². The van der Waals surface area contributed by atoms with Gasteiger partial charge in [0.25, 0.3) is 0 Å². The topological polar surface area (TPSA) is 59.6 Å². The lowest BCUT2D eigenvalue weighted by Crippen LogP contribution is -2.25. The molecule has 1 aliphatic heterocycles. The smallest absolute Gasteiger partial charge is 0.184 e.